The number of nitrogens with one attached hydrogen (secondary N) is 1. The molecular weight excluding hydrogens is 494 g/mol. The SMILES string of the molecule is C=CC(=O)N1CC(N2CC[C@H](c3cc4c(c(C)n3)OCc3c(ncnc3N3CCS(=O)(=O)CC3)N4)C2)C1. The highest BCUT2D eigenvalue weighted by molar-refractivity contribution is 7.91. The van der Waals surface area contributed by atoms with Crippen molar-refractivity contribution >= 4 is 33.1 Å². The van der Waals surface area contributed by atoms with E-state index >= 15 is 0 Å². The van der Waals surface area contributed by atoms with Crippen LogP contribution in [0.3, 0.4) is 0 Å². The molecule has 37 heavy (non-hydrogen) atoms. The van der Waals surface area contributed by atoms with Crippen molar-refractivity contribution < 1.29 is 17.9 Å². The summed E-state index contributed by atoms with van der Waals surface area (Å²) in [6.07, 6.45) is 3.90. The van der Waals surface area contributed by atoms with Crippen molar-refractivity contribution in [2.75, 3.05) is 61.0 Å². The van der Waals surface area contributed by atoms with E-state index in [-0.39, 0.29) is 24.0 Å². The van der Waals surface area contributed by atoms with Crippen LogP contribution in [0.15, 0.2) is 25.0 Å². The van der Waals surface area contributed by atoms with Crippen LogP contribution in [0, 0.1) is 6.92 Å². The molecule has 0 radical (unpaired) electrons. The lowest BCUT2D eigenvalue weighted by molar-refractivity contribution is -0.132. The Morgan fingerprint density at radius 1 is 1.19 bits per heavy atom. The molecule has 11 nitrogen and oxygen atoms in total. The molecule has 3 saturated heterocycles. The summed E-state index contributed by atoms with van der Waals surface area (Å²) < 4.78 is 30.0. The fourth-order valence-corrected chi connectivity index (χ4v) is 6.84. The van der Waals surface area contributed by atoms with Crippen LogP contribution < -0.4 is 15.0 Å². The normalized spacial score (nSPS) is 23.2. The largest absolute Gasteiger partial charge is 0.485 e. The average molecular weight is 526 g/mol. The maximum atomic E-state index is 11.9. The minimum Gasteiger partial charge on any atom is -0.485 e. The van der Waals surface area contributed by atoms with E-state index in [0.29, 0.717) is 42.4 Å². The summed E-state index contributed by atoms with van der Waals surface area (Å²) in [4.78, 5) is 31.9. The molecule has 12 heteroatoms. The molecule has 1 atom stereocenters. The molecule has 0 aromatic carbocycles. The van der Waals surface area contributed by atoms with Crippen LogP contribution in [-0.4, -0.2) is 95.9 Å². The molecule has 0 unspecified atom stereocenters. The van der Waals surface area contributed by atoms with Crippen LogP contribution in [-0.2, 0) is 21.2 Å². The molecule has 0 saturated carbocycles. The lowest BCUT2D eigenvalue weighted by Crippen LogP contribution is -2.60. The van der Waals surface area contributed by atoms with Crippen LogP contribution in [0.2, 0.25) is 0 Å². The zero-order chi connectivity index (χ0) is 25.7. The second-order valence-electron chi connectivity index (χ2n) is 10.2. The highest BCUT2D eigenvalue weighted by Crippen LogP contribution is 2.40. The number of aromatic nitrogens is 3. The first-order chi connectivity index (χ1) is 17.8. The number of sulfone groups is 1. The topological polar surface area (TPSA) is 121 Å². The van der Waals surface area contributed by atoms with Gasteiger partial charge in [-0.15, -0.1) is 0 Å². The number of nitrogens with zero attached hydrogens (tertiary/aromatic N) is 6. The third-order valence-electron chi connectivity index (χ3n) is 7.85. The monoisotopic (exact) mass is 525 g/mol. The van der Waals surface area contributed by atoms with Gasteiger partial charge in [0.1, 0.15) is 24.6 Å². The Labute approximate surface area is 216 Å². The van der Waals surface area contributed by atoms with Crippen molar-refractivity contribution in [3.8, 4) is 5.75 Å². The van der Waals surface area contributed by atoms with Gasteiger partial charge in [0.2, 0.25) is 5.91 Å². The van der Waals surface area contributed by atoms with Gasteiger partial charge in [-0.05, 0) is 32.0 Å². The van der Waals surface area contributed by atoms with E-state index in [1.54, 1.807) is 0 Å². The van der Waals surface area contributed by atoms with E-state index < -0.39 is 9.84 Å². The second kappa shape index (κ2) is 9.25. The molecule has 6 heterocycles. The van der Waals surface area contributed by atoms with Crippen LogP contribution in [0.1, 0.15) is 29.3 Å². The summed E-state index contributed by atoms with van der Waals surface area (Å²) in [5, 5.41) is 3.46. The maximum Gasteiger partial charge on any atom is 0.246 e. The third kappa shape index (κ3) is 4.52. The van der Waals surface area contributed by atoms with Gasteiger partial charge in [-0.25, -0.2) is 18.4 Å². The molecule has 0 aliphatic carbocycles. The third-order valence-corrected chi connectivity index (χ3v) is 9.45. The average Bonchev–Trinajstić information content (AvgIpc) is 3.24. The van der Waals surface area contributed by atoms with Gasteiger partial charge < -0.3 is 19.9 Å². The van der Waals surface area contributed by atoms with E-state index in [1.165, 1.54) is 12.4 Å². The lowest BCUT2D eigenvalue weighted by Gasteiger charge is -2.43. The second-order valence-corrected chi connectivity index (χ2v) is 12.5. The van der Waals surface area contributed by atoms with Gasteiger partial charge in [0.25, 0.3) is 0 Å². The van der Waals surface area contributed by atoms with Crippen LogP contribution in [0.25, 0.3) is 0 Å². The first kappa shape index (κ1) is 24.1. The Kier molecular flexibility index (Phi) is 6.03. The summed E-state index contributed by atoms with van der Waals surface area (Å²) in [7, 11) is -2.99. The fourth-order valence-electron chi connectivity index (χ4n) is 5.64. The zero-order valence-corrected chi connectivity index (χ0v) is 21.7. The number of hydrogen-bond donors (Lipinski definition) is 1. The standard InChI is InChI=1S/C25H31N7O4S/c1-3-22(33)32-12-18(13-32)31-5-4-17(11-31)20-10-21-23(16(2)28-20)36-14-19-24(29-21)26-15-27-25(19)30-6-8-37(34,35)9-7-30/h3,10,15,17-18H,1,4-9,11-14H2,2H3,(H,26,27,29)/t17-/m0/s1. The number of carbonyl (C=O) groups excluding carboxylic acids is 1. The molecule has 6 rings (SSSR count). The number of likely N-dealkylation sites (tertiary alicyclic amines) is 2. The first-order valence-electron chi connectivity index (χ1n) is 12.7. The smallest absolute Gasteiger partial charge is 0.246 e. The molecular formula is C25H31N7O4S. The molecule has 196 valence electrons. The molecule has 4 aliphatic rings. The molecule has 2 aromatic rings. The van der Waals surface area contributed by atoms with E-state index in [1.807, 2.05) is 16.7 Å². The van der Waals surface area contributed by atoms with Gasteiger partial charge in [0, 0.05) is 50.4 Å². The predicted molar refractivity (Wildman–Crippen MR) is 139 cm³/mol. The summed E-state index contributed by atoms with van der Waals surface area (Å²) in [6.45, 7) is 10.0. The molecule has 0 bridgehead atoms. The number of rotatable bonds is 4. The summed E-state index contributed by atoms with van der Waals surface area (Å²) >= 11 is 0. The predicted octanol–water partition coefficient (Wildman–Crippen LogP) is 1.24. The summed E-state index contributed by atoms with van der Waals surface area (Å²) in [6, 6.07) is 2.46. The van der Waals surface area contributed by atoms with Crippen molar-refractivity contribution in [1.29, 1.82) is 0 Å². The molecule has 1 amide bonds. The number of carbonyl (C=O) groups is 1. The number of pyridine rings is 1. The van der Waals surface area contributed by atoms with Crippen LogP contribution >= 0.6 is 0 Å². The van der Waals surface area contributed by atoms with Gasteiger partial charge in [0.15, 0.2) is 15.6 Å². The van der Waals surface area contributed by atoms with Crippen molar-refractivity contribution in [1.82, 2.24) is 24.8 Å². The number of fused-ring (bicyclic) bond motifs is 2. The van der Waals surface area contributed by atoms with Gasteiger partial charge >= 0.3 is 0 Å². The number of amides is 1. The highest BCUT2D eigenvalue weighted by Gasteiger charge is 2.38. The van der Waals surface area contributed by atoms with Crippen molar-refractivity contribution in [3.63, 3.8) is 0 Å². The zero-order valence-electron chi connectivity index (χ0n) is 20.9. The summed E-state index contributed by atoms with van der Waals surface area (Å²) in [5.74, 6) is 2.61. The first-order valence-corrected chi connectivity index (χ1v) is 14.5. The van der Waals surface area contributed by atoms with E-state index in [0.717, 1.165) is 55.2 Å². The van der Waals surface area contributed by atoms with Crippen molar-refractivity contribution in [2.24, 2.45) is 0 Å². The quantitative estimate of drug-likeness (QED) is 0.584. The van der Waals surface area contributed by atoms with Crippen LogP contribution in [0.4, 0.5) is 17.3 Å². The summed E-state index contributed by atoms with van der Waals surface area (Å²) in [5.41, 5.74) is 3.48. The Hall–Kier alpha value is -3.25. The van der Waals surface area contributed by atoms with E-state index in [2.05, 4.69) is 32.8 Å². The fraction of sp³-hybridized carbons (Fsp3) is 0.520. The van der Waals surface area contributed by atoms with Gasteiger partial charge in [-0.1, -0.05) is 6.58 Å². The highest BCUT2D eigenvalue weighted by atomic mass is 32.2. The number of aryl methyl sites for hydroxylation is 1. The van der Waals surface area contributed by atoms with E-state index in [9.17, 15) is 13.2 Å². The maximum absolute atomic E-state index is 11.9. The van der Waals surface area contributed by atoms with Crippen molar-refractivity contribution in [3.05, 3.63) is 42.0 Å². The van der Waals surface area contributed by atoms with E-state index in [4.69, 9.17) is 9.72 Å². The van der Waals surface area contributed by atoms with Crippen molar-refractivity contribution in [2.45, 2.75) is 31.9 Å². The Bertz CT molecular complexity index is 1350. The Morgan fingerprint density at radius 2 is 1.97 bits per heavy atom. The number of anilines is 3. The molecule has 2 aromatic heterocycles. The lowest BCUT2D eigenvalue weighted by atomic mass is 10.0. The molecule has 4 aliphatic heterocycles. The number of hydrogen-bond acceptors (Lipinski definition) is 10. The Morgan fingerprint density at radius 3 is 2.73 bits per heavy atom. The van der Waals surface area contributed by atoms with Crippen LogP contribution in [0.5, 0.6) is 5.75 Å². The minimum absolute atomic E-state index is 0.00122. The number of ether oxygens (including phenoxy) is 1. The van der Waals surface area contributed by atoms with Gasteiger partial charge in [0.05, 0.1) is 28.5 Å². The Balaban J connectivity index is 1.20. The van der Waals surface area contributed by atoms with Gasteiger partial charge in [-0.2, -0.15) is 0 Å². The minimum atomic E-state index is -2.99. The van der Waals surface area contributed by atoms with Gasteiger partial charge in [-0.3, -0.25) is 14.7 Å². The molecule has 1 N–H and O–H groups in total. The molecule has 3 fully saturated rings. The molecule has 0 spiro atoms.